The van der Waals surface area contributed by atoms with E-state index in [9.17, 15) is 18.7 Å². The average Bonchev–Trinajstić information content (AvgIpc) is 2.07. The Bertz CT molecular complexity index is 451. The molecule has 0 aromatic carbocycles. The molecule has 0 saturated carbocycles. The molecule has 2 atom stereocenters. The van der Waals surface area contributed by atoms with Gasteiger partial charge >= 0.3 is 15.2 Å². The van der Waals surface area contributed by atoms with E-state index in [1.807, 2.05) is 0 Å². The summed E-state index contributed by atoms with van der Waals surface area (Å²) in [5, 5.41) is 1.61. The Kier molecular flexibility index (Phi) is 3.50. The van der Waals surface area contributed by atoms with Crippen molar-refractivity contribution in [2.75, 3.05) is 7.05 Å². The molecule has 1 aliphatic rings. The third-order valence-electron chi connectivity index (χ3n) is 2.12. The fourth-order valence-corrected chi connectivity index (χ4v) is 3.08. The maximum Gasteiger partial charge on any atom is 0.357 e. The number of carbonyl (C=O) groups excluding carboxylic acids is 2. The first-order valence-electron chi connectivity index (χ1n) is 4.13. The number of nitrogens with one attached hydrogen (secondary N) is 1. The van der Waals surface area contributed by atoms with Crippen LogP contribution in [0, 0.1) is 0 Å². The number of nitrogens with zero attached hydrogens (tertiary/aromatic N) is 1. The van der Waals surface area contributed by atoms with Gasteiger partial charge in [-0.1, -0.05) is 0 Å². The normalized spacial score (nSPS) is 27.0. The van der Waals surface area contributed by atoms with Crippen molar-refractivity contribution in [3.8, 4) is 0 Å². The van der Waals surface area contributed by atoms with Crippen LogP contribution in [-0.2, 0) is 18.7 Å². The topological polar surface area (TPSA) is 164 Å². The first-order chi connectivity index (χ1) is 7.46. The van der Waals surface area contributed by atoms with Crippen LogP contribution >= 0.6 is 15.2 Å². The summed E-state index contributed by atoms with van der Waals surface area (Å²) in [5.74, 6) is -6.75. The van der Waals surface area contributed by atoms with Gasteiger partial charge in [0.25, 0.3) is 11.8 Å². The van der Waals surface area contributed by atoms with Gasteiger partial charge in [0.15, 0.2) is 0 Å². The van der Waals surface area contributed by atoms with Crippen molar-refractivity contribution >= 4 is 27.0 Å². The predicted molar refractivity (Wildman–Crippen MR) is 52.6 cm³/mol. The van der Waals surface area contributed by atoms with Crippen LogP contribution in [0.25, 0.3) is 0 Å². The van der Waals surface area contributed by atoms with Crippen molar-refractivity contribution < 1.29 is 38.3 Å². The fourth-order valence-electron chi connectivity index (χ4n) is 1.37. The molecule has 0 spiro atoms. The Morgan fingerprint density at radius 1 is 1.12 bits per heavy atom. The molecular weight excluding hydrogens is 278 g/mol. The zero-order valence-electron chi connectivity index (χ0n) is 8.42. The van der Waals surface area contributed by atoms with E-state index in [2.05, 4.69) is 0 Å². The Morgan fingerprint density at radius 2 is 1.59 bits per heavy atom. The summed E-state index contributed by atoms with van der Waals surface area (Å²) < 4.78 is 21.8. The van der Waals surface area contributed by atoms with Crippen LogP contribution in [0.15, 0.2) is 0 Å². The lowest BCUT2D eigenvalue weighted by Crippen LogP contribution is -2.61. The Hall–Kier alpha value is -0.760. The van der Waals surface area contributed by atoms with Crippen LogP contribution in [0.5, 0.6) is 0 Å². The average molecular weight is 288 g/mol. The van der Waals surface area contributed by atoms with Crippen molar-refractivity contribution in [1.29, 1.82) is 0 Å². The highest BCUT2D eigenvalue weighted by Crippen LogP contribution is 2.48. The molecule has 0 aromatic rings. The molecule has 1 fully saturated rings. The number of rotatable bonds is 2. The van der Waals surface area contributed by atoms with Gasteiger partial charge in [-0.15, -0.1) is 0 Å². The lowest BCUT2D eigenvalue weighted by Gasteiger charge is -2.36. The summed E-state index contributed by atoms with van der Waals surface area (Å²) in [5.41, 5.74) is 0. The first kappa shape index (κ1) is 14.3. The van der Waals surface area contributed by atoms with E-state index in [4.69, 9.17) is 19.6 Å². The molecule has 2 amide bonds. The van der Waals surface area contributed by atoms with Crippen molar-refractivity contribution in [2.45, 2.75) is 11.6 Å². The molecular formula is C5H10N2O8P2. The maximum absolute atomic E-state index is 11.5. The van der Waals surface area contributed by atoms with E-state index in [0.717, 1.165) is 7.05 Å². The van der Waals surface area contributed by atoms with E-state index in [1.54, 1.807) is 5.32 Å². The lowest BCUT2D eigenvalue weighted by molar-refractivity contribution is -0.143. The quantitative estimate of drug-likeness (QED) is 0.350. The second kappa shape index (κ2) is 4.16. The zero-order valence-corrected chi connectivity index (χ0v) is 10.2. The van der Waals surface area contributed by atoms with E-state index in [-0.39, 0.29) is 0 Å². The van der Waals surface area contributed by atoms with Crippen LogP contribution in [0.3, 0.4) is 0 Å². The van der Waals surface area contributed by atoms with Gasteiger partial charge in [0.2, 0.25) is 11.6 Å². The number of carbonyl (C=O) groups is 2. The minimum Gasteiger partial charge on any atom is -0.332 e. The SMILES string of the molecule is CN1C(=O)C(P(=O)(O)O)NC(=O)C1P(=O)(O)O. The Morgan fingerprint density at radius 3 is 1.94 bits per heavy atom. The van der Waals surface area contributed by atoms with Crippen molar-refractivity contribution in [1.82, 2.24) is 10.2 Å². The Balaban J connectivity index is 3.13. The van der Waals surface area contributed by atoms with Gasteiger partial charge in [-0.25, -0.2) is 0 Å². The molecule has 98 valence electrons. The van der Waals surface area contributed by atoms with Gasteiger partial charge in [-0.05, 0) is 0 Å². The molecule has 1 aliphatic heterocycles. The summed E-state index contributed by atoms with van der Waals surface area (Å²) in [6, 6.07) is 0. The highest BCUT2D eigenvalue weighted by molar-refractivity contribution is 7.54. The van der Waals surface area contributed by atoms with Gasteiger partial charge in [-0.2, -0.15) is 0 Å². The van der Waals surface area contributed by atoms with E-state index in [0.29, 0.717) is 4.90 Å². The predicted octanol–water partition coefficient (Wildman–Crippen LogP) is -2.42. The summed E-state index contributed by atoms with van der Waals surface area (Å²) in [6.45, 7) is 0. The maximum atomic E-state index is 11.5. The van der Waals surface area contributed by atoms with Gasteiger partial charge in [0.1, 0.15) is 0 Å². The monoisotopic (exact) mass is 288 g/mol. The molecule has 0 aliphatic carbocycles. The third-order valence-corrected chi connectivity index (χ3v) is 4.36. The summed E-state index contributed by atoms with van der Waals surface area (Å²) in [7, 11) is -8.97. The van der Waals surface area contributed by atoms with Gasteiger partial charge in [-0.3, -0.25) is 18.7 Å². The van der Waals surface area contributed by atoms with Crippen LogP contribution < -0.4 is 5.32 Å². The van der Waals surface area contributed by atoms with Gasteiger partial charge in [0, 0.05) is 7.05 Å². The molecule has 5 N–H and O–H groups in total. The zero-order chi connectivity index (χ0) is 13.6. The number of hydrogen-bond donors (Lipinski definition) is 5. The Labute approximate surface area is 94.9 Å². The van der Waals surface area contributed by atoms with E-state index < -0.39 is 38.6 Å². The molecule has 12 heteroatoms. The molecule has 0 bridgehead atoms. The highest BCUT2D eigenvalue weighted by Gasteiger charge is 2.52. The van der Waals surface area contributed by atoms with Crippen molar-refractivity contribution in [2.24, 2.45) is 0 Å². The van der Waals surface area contributed by atoms with Gasteiger partial charge in [0.05, 0.1) is 0 Å². The molecule has 1 rings (SSSR count). The van der Waals surface area contributed by atoms with Crippen LogP contribution in [0.4, 0.5) is 0 Å². The van der Waals surface area contributed by atoms with Crippen LogP contribution in [0.1, 0.15) is 0 Å². The highest BCUT2D eigenvalue weighted by atomic mass is 31.2. The van der Waals surface area contributed by atoms with Crippen LogP contribution in [-0.4, -0.2) is 54.9 Å². The number of likely N-dealkylation sites (N-methyl/N-ethyl adjacent to an activating group) is 1. The number of piperazine rings is 1. The molecule has 17 heavy (non-hydrogen) atoms. The number of amides is 2. The smallest absolute Gasteiger partial charge is 0.332 e. The first-order valence-corrected chi connectivity index (χ1v) is 7.50. The molecule has 10 nitrogen and oxygen atoms in total. The summed E-state index contributed by atoms with van der Waals surface area (Å²) in [4.78, 5) is 58.4. The van der Waals surface area contributed by atoms with Crippen molar-refractivity contribution in [3.05, 3.63) is 0 Å². The molecule has 2 unspecified atom stereocenters. The minimum absolute atomic E-state index is 0.337. The molecule has 0 radical (unpaired) electrons. The molecule has 0 aromatic heterocycles. The number of hydrogen-bond acceptors (Lipinski definition) is 4. The van der Waals surface area contributed by atoms with E-state index >= 15 is 0 Å². The minimum atomic E-state index is -4.93. The largest absolute Gasteiger partial charge is 0.357 e. The van der Waals surface area contributed by atoms with Crippen LogP contribution in [0.2, 0.25) is 0 Å². The van der Waals surface area contributed by atoms with Gasteiger partial charge < -0.3 is 29.8 Å². The fraction of sp³-hybridized carbons (Fsp3) is 0.600. The third kappa shape index (κ3) is 2.74. The molecule has 1 saturated heterocycles. The summed E-state index contributed by atoms with van der Waals surface area (Å²) in [6.07, 6.45) is 0. The lowest BCUT2D eigenvalue weighted by atomic mass is 10.3. The second-order valence-electron chi connectivity index (χ2n) is 3.41. The second-order valence-corrected chi connectivity index (χ2v) is 6.77. The summed E-state index contributed by atoms with van der Waals surface area (Å²) >= 11 is 0. The molecule has 1 heterocycles. The standard InChI is InChI=1S/C5H10N2O8P2/c1-7-4(9)3(16(10,11)12)6-2(8)5(7)17(13,14)15/h3,5H,1H3,(H,6,8)(H2,10,11,12)(H2,13,14,15). The van der Waals surface area contributed by atoms with E-state index in [1.165, 1.54) is 0 Å². The van der Waals surface area contributed by atoms with Crippen molar-refractivity contribution in [3.63, 3.8) is 0 Å².